The molecule has 30 heavy (non-hydrogen) atoms. The van der Waals surface area contributed by atoms with E-state index in [1.165, 1.54) is 10.1 Å². The molecule has 0 N–H and O–H groups in total. The molecule has 2 aromatic carbocycles. The van der Waals surface area contributed by atoms with Gasteiger partial charge in [-0.25, -0.2) is 0 Å². The predicted molar refractivity (Wildman–Crippen MR) is 122 cm³/mol. The average Bonchev–Trinajstić information content (AvgIpc) is 3.20. The molecule has 3 rings (SSSR count). The van der Waals surface area contributed by atoms with Gasteiger partial charge in [-0.15, -0.1) is 0 Å². The van der Waals surface area contributed by atoms with E-state index in [9.17, 15) is 13.4 Å². The Labute approximate surface area is 183 Å². The Bertz CT molecular complexity index is 904. The Morgan fingerprint density at radius 1 is 1.10 bits per heavy atom. The number of hydrogen-bond acceptors (Lipinski definition) is 4. The summed E-state index contributed by atoms with van der Waals surface area (Å²) >= 11 is -2.40. The van der Waals surface area contributed by atoms with Crippen LogP contribution in [0.2, 0.25) is 23.5 Å². The first-order chi connectivity index (χ1) is 14.3. The number of rotatable bonds is 8. The van der Waals surface area contributed by atoms with Crippen molar-refractivity contribution in [1.82, 2.24) is 4.90 Å². The fourth-order valence-corrected chi connectivity index (χ4v) is 12.4. The van der Waals surface area contributed by atoms with Crippen molar-refractivity contribution in [2.24, 2.45) is 0 Å². The van der Waals surface area contributed by atoms with Gasteiger partial charge >= 0.3 is 184 Å². The molecule has 0 aromatic heterocycles. The van der Waals surface area contributed by atoms with Crippen molar-refractivity contribution in [3.8, 4) is 0 Å². The van der Waals surface area contributed by atoms with E-state index in [2.05, 4.69) is 44.3 Å². The van der Waals surface area contributed by atoms with Crippen molar-refractivity contribution in [3.63, 3.8) is 0 Å². The van der Waals surface area contributed by atoms with Gasteiger partial charge < -0.3 is 0 Å². The van der Waals surface area contributed by atoms with Crippen LogP contribution in [-0.4, -0.2) is 52.0 Å². The van der Waals surface area contributed by atoms with E-state index in [-0.39, 0.29) is 29.3 Å². The fourth-order valence-electron chi connectivity index (χ4n) is 3.89. The van der Waals surface area contributed by atoms with Crippen molar-refractivity contribution in [3.05, 3.63) is 60.7 Å². The number of imide groups is 1. The molecule has 1 heterocycles. The van der Waals surface area contributed by atoms with Crippen molar-refractivity contribution in [2.45, 2.75) is 43.2 Å². The van der Waals surface area contributed by atoms with E-state index < -0.39 is 28.0 Å². The summed E-state index contributed by atoms with van der Waals surface area (Å²) in [4.78, 5) is 25.4. The second kappa shape index (κ2) is 9.82. The predicted octanol–water partition coefficient (Wildman–Crippen LogP) is 3.45. The van der Waals surface area contributed by atoms with Crippen molar-refractivity contribution >= 4 is 43.6 Å². The molecular weight excluding hydrogens is 461 g/mol. The summed E-state index contributed by atoms with van der Waals surface area (Å²) in [6.07, 6.45) is 0.149. The zero-order valence-corrected chi connectivity index (χ0v) is 20.5. The van der Waals surface area contributed by atoms with Gasteiger partial charge in [-0.1, -0.05) is 0 Å². The van der Waals surface area contributed by atoms with Crippen molar-refractivity contribution < 1.29 is 18.2 Å². The third kappa shape index (κ3) is 4.97. The molecule has 7 heteroatoms. The van der Waals surface area contributed by atoms with E-state index in [4.69, 9.17) is 4.74 Å². The summed E-state index contributed by atoms with van der Waals surface area (Å²) in [5, 5.41) is 1.32. The quantitative estimate of drug-likeness (QED) is 0.532. The summed E-state index contributed by atoms with van der Waals surface area (Å²) < 4.78 is 19.4. The van der Waals surface area contributed by atoms with Gasteiger partial charge in [0, 0.05) is 0 Å². The molecule has 1 aliphatic heterocycles. The molecule has 0 aliphatic carbocycles. The van der Waals surface area contributed by atoms with E-state index in [0.717, 1.165) is 4.46 Å². The summed E-state index contributed by atoms with van der Waals surface area (Å²) in [5.74, 6) is -0.235. The minimum atomic E-state index is -2.40. The third-order valence-corrected chi connectivity index (χ3v) is 15.3. The molecule has 160 valence electrons. The number of ether oxygens (including phenoxy) is 1. The number of benzene rings is 2. The monoisotopic (exact) mass is 491 g/mol. The summed E-state index contributed by atoms with van der Waals surface area (Å²) in [6, 6.07) is 20.0. The van der Waals surface area contributed by atoms with Crippen LogP contribution in [0, 0.1) is 0 Å². The molecule has 2 amide bonds. The third-order valence-electron chi connectivity index (χ3n) is 6.17. The first-order valence-corrected chi connectivity index (χ1v) is 15.9. The first-order valence-electron chi connectivity index (χ1n) is 10.3. The molecular formula is C23H29NO4SeSi. The molecule has 1 saturated heterocycles. The van der Waals surface area contributed by atoms with Crippen LogP contribution in [-0.2, 0) is 13.4 Å². The Hall–Kier alpha value is -2.08. The first kappa shape index (κ1) is 22.6. The molecule has 0 saturated carbocycles. The fraction of sp³-hybridized carbons (Fsp3) is 0.391. The van der Waals surface area contributed by atoms with Crippen LogP contribution in [0.5, 0.6) is 0 Å². The van der Waals surface area contributed by atoms with Crippen LogP contribution in [0.4, 0.5) is 4.79 Å². The Morgan fingerprint density at radius 2 is 1.70 bits per heavy atom. The van der Waals surface area contributed by atoms with Gasteiger partial charge in [-0.3, -0.25) is 0 Å². The Balaban J connectivity index is 1.84. The van der Waals surface area contributed by atoms with E-state index >= 15 is 0 Å². The second-order valence-electron chi connectivity index (χ2n) is 8.22. The SMILES string of the molecule is C[C@H]([C@@H](CCC(=O)N1CCOC1=O)[Se](=O)c1ccccc1)[Si](C)(C)c1ccccc1. The van der Waals surface area contributed by atoms with Crippen LogP contribution in [0.1, 0.15) is 19.8 Å². The van der Waals surface area contributed by atoms with Gasteiger partial charge in [0.05, 0.1) is 0 Å². The number of carbonyl (C=O) groups is 2. The molecule has 1 aliphatic rings. The number of hydrogen-bond donors (Lipinski definition) is 0. The van der Waals surface area contributed by atoms with Crippen molar-refractivity contribution in [2.75, 3.05) is 13.2 Å². The average molecular weight is 491 g/mol. The van der Waals surface area contributed by atoms with Gasteiger partial charge in [-0.2, -0.15) is 0 Å². The molecule has 1 fully saturated rings. The van der Waals surface area contributed by atoms with Gasteiger partial charge in [0.2, 0.25) is 0 Å². The molecule has 0 spiro atoms. The molecule has 0 radical (unpaired) electrons. The van der Waals surface area contributed by atoms with Crippen LogP contribution < -0.4 is 9.65 Å². The summed E-state index contributed by atoms with van der Waals surface area (Å²) in [5.41, 5.74) is 0.209. The zero-order valence-electron chi connectivity index (χ0n) is 17.7. The van der Waals surface area contributed by atoms with E-state index in [1.54, 1.807) is 0 Å². The summed E-state index contributed by atoms with van der Waals surface area (Å²) in [6.45, 7) is 7.36. The molecule has 1 unspecified atom stereocenters. The van der Waals surface area contributed by atoms with Crippen LogP contribution in [0.15, 0.2) is 60.7 Å². The topological polar surface area (TPSA) is 63.7 Å². The normalized spacial score (nSPS) is 17.3. The van der Waals surface area contributed by atoms with E-state index in [1.807, 2.05) is 36.4 Å². The number of carbonyl (C=O) groups excluding carboxylic acids is 2. The van der Waals surface area contributed by atoms with Crippen LogP contribution in [0.25, 0.3) is 0 Å². The molecule has 3 atom stereocenters. The zero-order chi connectivity index (χ0) is 21.7. The van der Waals surface area contributed by atoms with Gasteiger partial charge in [0.25, 0.3) is 0 Å². The number of nitrogens with zero attached hydrogens (tertiary/aromatic N) is 1. The van der Waals surface area contributed by atoms with Gasteiger partial charge in [0.1, 0.15) is 0 Å². The van der Waals surface area contributed by atoms with Gasteiger partial charge in [-0.05, 0) is 0 Å². The maximum atomic E-state index is 13.7. The second-order valence-corrected chi connectivity index (χ2v) is 16.7. The number of cyclic esters (lactones) is 1. The maximum absolute atomic E-state index is 13.7. The Morgan fingerprint density at radius 3 is 2.27 bits per heavy atom. The summed E-state index contributed by atoms with van der Waals surface area (Å²) in [7, 11) is -1.94. The van der Waals surface area contributed by atoms with Crippen molar-refractivity contribution in [1.29, 1.82) is 0 Å². The number of amides is 2. The molecule has 5 nitrogen and oxygen atoms in total. The van der Waals surface area contributed by atoms with Crippen LogP contribution in [0.3, 0.4) is 0 Å². The standard InChI is InChI=1S/C23H29NO4SeSi/c1-18(30(2,3)20-12-8-5-9-13-20)21(29(27)19-10-6-4-7-11-19)14-15-22(25)24-16-17-28-23(24)26/h4-13,18,21H,14-17H2,1-3H3/t18-,21-,29?/m1/s1. The van der Waals surface area contributed by atoms with Crippen LogP contribution >= 0.6 is 0 Å². The Kier molecular flexibility index (Phi) is 7.39. The molecule has 0 bridgehead atoms. The minimum absolute atomic E-state index is 0.0863. The van der Waals surface area contributed by atoms with Gasteiger partial charge in [0.15, 0.2) is 0 Å². The van der Waals surface area contributed by atoms with E-state index in [0.29, 0.717) is 13.0 Å². The molecule has 2 aromatic rings.